The van der Waals surface area contributed by atoms with Crippen molar-refractivity contribution in [1.82, 2.24) is 5.32 Å². The zero-order valence-corrected chi connectivity index (χ0v) is 14.1. The van der Waals surface area contributed by atoms with Gasteiger partial charge in [-0.05, 0) is 51.0 Å². The van der Waals surface area contributed by atoms with Crippen molar-refractivity contribution in [2.75, 3.05) is 13.2 Å². The molecule has 0 heterocycles. The third-order valence-corrected chi connectivity index (χ3v) is 4.43. The maximum absolute atomic E-state index is 12.0. The highest BCUT2D eigenvalue weighted by Crippen LogP contribution is 2.24. The van der Waals surface area contributed by atoms with Crippen LogP contribution in [0.25, 0.3) is 0 Å². The summed E-state index contributed by atoms with van der Waals surface area (Å²) in [7, 11) is 1.51. The van der Waals surface area contributed by atoms with Gasteiger partial charge in [0, 0.05) is 22.8 Å². The highest BCUT2D eigenvalue weighted by Gasteiger charge is 2.18. The molecule has 21 heavy (non-hydrogen) atoms. The van der Waals surface area contributed by atoms with E-state index in [4.69, 9.17) is 15.4 Å². The summed E-state index contributed by atoms with van der Waals surface area (Å²) in [6.45, 7) is 7.95. The van der Waals surface area contributed by atoms with Gasteiger partial charge in [0.15, 0.2) is 0 Å². The van der Waals surface area contributed by atoms with Crippen LogP contribution >= 0.6 is 10.7 Å². The standard InChI is InChI=1S/C14H20ClNO4S/c1-9(2)20-6-5-16-14(17)12-7-10(3)11(4)13(8-12)21(15,18)19/h7-9H,5-6H2,1-4H3,(H,16,17). The molecule has 0 saturated carbocycles. The first-order valence-electron chi connectivity index (χ1n) is 6.58. The summed E-state index contributed by atoms with van der Waals surface area (Å²) >= 11 is 0. The highest BCUT2D eigenvalue weighted by molar-refractivity contribution is 8.13. The summed E-state index contributed by atoms with van der Waals surface area (Å²) in [6, 6.07) is 2.93. The van der Waals surface area contributed by atoms with Crippen molar-refractivity contribution in [3.8, 4) is 0 Å². The molecular weight excluding hydrogens is 314 g/mol. The fourth-order valence-corrected chi connectivity index (χ4v) is 3.05. The summed E-state index contributed by atoms with van der Waals surface area (Å²) in [5, 5.41) is 2.68. The van der Waals surface area contributed by atoms with Crippen LogP contribution < -0.4 is 5.32 Å². The predicted octanol–water partition coefficient (Wildman–Crippen LogP) is 2.39. The predicted molar refractivity (Wildman–Crippen MR) is 82.4 cm³/mol. The van der Waals surface area contributed by atoms with E-state index >= 15 is 0 Å². The molecule has 0 atom stereocenters. The molecule has 0 unspecified atom stereocenters. The second kappa shape index (κ2) is 7.24. The molecule has 0 fully saturated rings. The first-order chi connectivity index (χ1) is 9.62. The smallest absolute Gasteiger partial charge is 0.261 e. The summed E-state index contributed by atoms with van der Waals surface area (Å²) in [5.74, 6) is -0.355. The Morgan fingerprint density at radius 1 is 1.33 bits per heavy atom. The van der Waals surface area contributed by atoms with Gasteiger partial charge in [-0.3, -0.25) is 4.79 Å². The number of ether oxygens (including phenoxy) is 1. The van der Waals surface area contributed by atoms with Crippen molar-refractivity contribution in [2.45, 2.75) is 38.7 Å². The largest absolute Gasteiger partial charge is 0.377 e. The van der Waals surface area contributed by atoms with E-state index < -0.39 is 9.05 Å². The normalized spacial score (nSPS) is 11.7. The van der Waals surface area contributed by atoms with Crippen LogP contribution in [0.1, 0.15) is 35.3 Å². The Morgan fingerprint density at radius 2 is 1.95 bits per heavy atom. The third-order valence-electron chi connectivity index (χ3n) is 2.98. The van der Waals surface area contributed by atoms with Gasteiger partial charge in [-0.15, -0.1) is 0 Å². The number of hydrogen-bond donors (Lipinski definition) is 1. The second-order valence-electron chi connectivity index (χ2n) is 5.03. The lowest BCUT2D eigenvalue weighted by atomic mass is 10.1. The topological polar surface area (TPSA) is 72.5 Å². The minimum atomic E-state index is -3.88. The number of nitrogens with one attached hydrogen (secondary N) is 1. The number of carbonyl (C=O) groups is 1. The van der Waals surface area contributed by atoms with Gasteiger partial charge in [-0.1, -0.05) is 0 Å². The van der Waals surface area contributed by atoms with Crippen molar-refractivity contribution in [3.63, 3.8) is 0 Å². The summed E-state index contributed by atoms with van der Waals surface area (Å²) in [5.41, 5.74) is 1.51. The van der Waals surface area contributed by atoms with E-state index in [1.54, 1.807) is 19.9 Å². The first kappa shape index (κ1) is 17.9. The number of carbonyl (C=O) groups excluding carboxylic acids is 1. The van der Waals surface area contributed by atoms with Gasteiger partial charge in [-0.25, -0.2) is 8.42 Å². The molecule has 0 bridgehead atoms. The van der Waals surface area contributed by atoms with Crippen LogP contribution in [0.5, 0.6) is 0 Å². The average Bonchev–Trinajstić information content (AvgIpc) is 2.35. The molecule has 0 aliphatic heterocycles. The number of halogens is 1. The van der Waals surface area contributed by atoms with Crippen molar-refractivity contribution in [1.29, 1.82) is 0 Å². The van der Waals surface area contributed by atoms with Gasteiger partial charge in [0.1, 0.15) is 0 Å². The molecule has 7 heteroatoms. The second-order valence-corrected chi connectivity index (χ2v) is 7.56. The van der Waals surface area contributed by atoms with Gasteiger partial charge in [-0.2, -0.15) is 0 Å². The van der Waals surface area contributed by atoms with E-state index in [1.165, 1.54) is 6.07 Å². The van der Waals surface area contributed by atoms with Crippen LogP contribution in [-0.2, 0) is 13.8 Å². The van der Waals surface area contributed by atoms with E-state index in [2.05, 4.69) is 5.32 Å². The van der Waals surface area contributed by atoms with Crippen LogP contribution in [0.3, 0.4) is 0 Å². The van der Waals surface area contributed by atoms with Gasteiger partial charge in [0.25, 0.3) is 15.0 Å². The maximum Gasteiger partial charge on any atom is 0.261 e. The quantitative estimate of drug-likeness (QED) is 0.641. The molecule has 118 valence electrons. The van der Waals surface area contributed by atoms with Gasteiger partial charge in [0.05, 0.1) is 17.6 Å². The molecule has 0 spiro atoms. The minimum absolute atomic E-state index is 0.0345. The summed E-state index contributed by atoms with van der Waals surface area (Å²) < 4.78 is 28.4. The van der Waals surface area contributed by atoms with Crippen LogP contribution in [0.15, 0.2) is 17.0 Å². The van der Waals surface area contributed by atoms with Gasteiger partial charge in [0.2, 0.25) is 0 Å². The summed E-state index contributed by atoms with van der Waals surface area (Å²) in [4.78, 5) is 12.0. The highest BCUT2D eigenvalue weighted by atomic mass is 35.7. The van der Waals surface area contributed by atoms with Crippen LogP contribution in [0.4, 0.5) is 0 Å². The molecule has 0 radical (unpaired) electrons. The molecule has 1 N–H and O–H groups in total. The maximum atomic E-state index is 12.0. The molecule has 1 amide bonds. The Bertz CT molecular complexity index is 626. The molecular formula is C14H20ClNO4S. The lowest BCUT2D eigenvalue weighted by Crippen LogP contribution is -2.28. The Morgan fingerprint density at radius 3 is 2.48 bits per heavy atom. The van der Waals surface area contributed by atoms with Crippen molar-refractivity contribution >= 4 is 25.6 Å². The minimum Gasteiger partial charge on any atom is -0.377 e. The lowest BCUT2D eigenvalue weighted by molar-refractivity contribution is 0.0746. The number of benzene rings is 1. The Labute approximate surface area is 130 Å². The van der Waals surface area contributed by atoms with Gasteiger partial charge >= 0.3 is 0 Å². The number of hydrogen-bond acceptors (Lipinski definition) is 4. The van der Waals surface area contributed by atoms with E-state index in [1.807, 2.05) is 13.8 Å². The Balaban J connectivity index is 2.89. The molecule has 0 aliphatic rings. The summed E-state index contributed by atoms with van der Waals surface area (Å²) in [6.07, 6.45) is 0.0940. The van der Waals surface area contributed by atoms with Crippen molar-refractivity contribution < 1.29 is 17.9 Å². The van der Waals surface area contributed by atoms with E-state index in [0.29, 0.717) is 24.3 Å². The van der Waals surface area contributed by atoms with Gasteiger partial charge < -0.3 is 10.1 Å². The number of amides is 1. The molecule has 1 aromatic rings. The van der Waals surface area contributed by atoms with E-state index in [-0.39, 0.29) is 22.5 Å². The third kappa shape index (κ3) is 5.30. The molecule has 0 aromatic heterocycles. The van der Waals surface area contributed by atoms with Crippen LogP contribution in [0, 0.1) is 13.8 Å². The van der Waals surface area contributed by atoms with Crippen LogP contribution in [0.2, 0.25) is 0 Å². The molecule has 5 nitrogen and oxygen atoms in total. The SMILES string of the molecule is Cc1cc(C(=O)NCCOC(C)C)cc(S(=O)(=O)Cl)c1C. The average molecular weight is 334 g/mol. The fraction of sp³-hybridized carbons (Fsp3) is 0.500. The number of aryl methyl sites for hydroxylation is 1. The van der Waals surface area contributed by atoms with E-state index in [9.17, 15) is 13.2 Å². The zero-order chi connectivity index (χ0) is 16.2. The first-order valence-corrected chi connectivity index (χ1v) is 8.89. The monoisotopic (exact) mass is 333 g/mol. The Hall–Kier alpha value is -1.11. The van der Waals surface area contributed by atoms with Crippen molar-refractivity contribution in [3.05, 3.63) is 28.8 Å². The van der Waals surface area contributed by atoms with Crippen molar-refractivity contribution in [2.24, 2.45) is 0 Å². The Kier molecular flexibility index (Phi) is 6.19. The number of rotatable bonds is 6. The van der Waals surface area contributed by atoms with Crippen LogP contribution in [-0.4, -0.2) is 33.6 Å². The lowest BCUT2D eigenvalue weighted by Gasteiger charge is -2.11. The fourth-order valence-electron chi connectivity index (χ4n) is 1.77. The molecule has 0 aliphatic carbocycles. The van der Waals surface area contributed by atoms with E-state index in [0.717, 1.165) is 0 Å². The molecule has 1 aromatic carbocycles. The molecule has 1 rings (SSSR count). The molecule has 0 saturated heterocycles. The zero-order valence-electron chi connectivity index (χ0n) is 12.6.